The third kappa shape index (κ3) is 6.18. The van der Waals surface area contributed by atoms with Crippen LogP contribution >= 0.6 is 22.9 Å². The molecule has 0 saturated carbocycles. The minimum Gasteiger partial charge on any atom is -0.356 e. The van der Waals surface area contributed by atoms with Crippen molar-refractivity contribution in [2.45, 2.75) is 19.3 Å². The molecular weight excluding hydrogens is 394 g/mol. The number of nitrogens with zero attached hydrogens (tertiary/aromatic N) is 1. The maximum atomic E-state index is 12.2. The Hall–Kier alpha value is -2.70. The summed E-state index contributed by atoms with van der Waals surface area (Å²) in [5.74, 6) is -0.244. The van der Waals surface area contributed by atoms with Crippen molar-refractivity contribution in [2.24, 2.45) is 0 Å². The van der Waals surface area contributed by atoms with Crippen LogP contribution in [0.15, 0.2) is 60.0 Å². The van der Waals surface area contributed by atoms with Crippen molar-refractivity contribution >= 4 is 39.9 Å². The Morgan fingerprint density at radius 3 is 2.50 bits per heavy atom. The maximum Gasteiger partial charge on any atom is 0.257 e. The third-order valence-electron chi connectivity index (χ3n) is 4.07. The molecule has 0 bridgehead atoms. The van der Waals surface area contributed by atoms with Gasteiger partial charge in [0.15, 0.2) is 5.13 Å². The molecule has 2 N–H and O–H groups in total. The zero-order valence-corrected chi connectivity index (χ0v) is 16.7. The molecule has 1 heterocycles. The first kappa shape index (κ1) is 20.0. The zero-order chi connectivity index (χ0) is 19.8. The predicted molar refractivity (Wildman–Crippen MR) is 113 cm³/mol. The Labute approximate surface area is 172 Å². The smallest absolute Gasteiger partial charge is 0.257 e. The molecule has 3 aromatic rings. The van der Waals surface area contributed by atoms with Crippen molar-refractivity contribution in [1.82, 2.24) is 10.3 Å². The average molecular weight is 414 g/mol. The number of anilines is 1. The second-order valence-electron chi connectivity index (χ2n) is 6.19. The van der Waals surface area contributed by atoms with Crippen LogP contribution in [0, 0.1) is 0 Å². The summed E-state index contributed by atoms with van der Waals surface area (Å²) in [6.07, 6.45) is 1.71. The fraction of sp³-hybridized carbons (Fsp3) is 0.190. The lowest BCUT2D eigenvalue weighted by Gasteiger charge is -2.04. The van der Waals surface area contributed by atoms with E-state index >= 15 is 0 Å². The van der Waals surface area contributed by atoms with Gasteiger partial charge in [0.1, 0.15) is 0 Å². The molecule has 0 aliphatic rings. The second kappa shape index (κ2) is 10.0. The number of hydrogen-bond acceptors (Lipinski definition) is 4. The highest BCUT2D eigenvalue weighted by atomic mass is 35.5. The number of aromatic nitrogens is 1. The quantitative estimate of drug-likeness (QED) is 0.577. The van der Waals surface area contributed by atoms with Crippen molar-refractivity contribution in [3.63, 3.8) is 0 Å². The van der Waals surface area contributed by atoms with E-state index in [0.717, 1.165) is 12.1 Å². The number of thiazole rings is 1. The van der Waals surface area contributed by atoms with Crippen LogP contribution < -0.4 is 10.6 Å². The van der Waals surface area contributed by atoms with Crippen LogP contribution in [-0.2, 0) is 17.6 Å². The predicted octanol–water partition coefficient (Wildman–Crippen LogP) is 4.34. The standard InChI is InChI=1S/C21H20ClN3O2S/c22-17-8-6-16(7-9-17)20(27)25-21-24-18(14-28-21)10-11-19(26)23-13-12-15-4-2-1-3-5-15/h1-9,14H,10-13H2,(H,23,26)(H,24,25,27). The second-order valence-corrected chi connectivity index (χ2v) is 7.49. The third-order valence-corrected chi connectivity index (χ3v) is 5.12. The van der Waals surface area contributed by atoms with Gasteiger partial charge in [-0.3, -0.25) is 14.9 Å². The van der Waals surface area contributed by atoms with Crippen molar-refractivity contribution in [1.29, 1.82) is 0 Å². The molecule has 144 valence electrons. The number of carbonyl (C=O) groups excluding carboxylic acids is 2. The van der Waals surface area contributed by atoms with E-state index < -0.39 is 0 Å². The minimum atomic E-state index is -0.240. The number of benzene rings is 2. The van der Waals surface area contributed by atoms with Gasteiger partial charge in [0.25, 0.3) is 5.91 Å². The van der Waals surface area contributed by atoms with Crippen molar-refractivity contribution in [3.8, 4) is 0 Å². The van der Waals surface area contributed by atoms with Gasteiger partial charge >= 0.3 is 0 Å². The molecule has 0 aliphatic carbocycles. The summed E-state index contributed by atoms with van der Waals surface area (Å²) in [5, 5.41) is 8.63. The van der Waals surface area contributed by atoms with Gasteiger partial charge in [-0.15, -0.1) is 11.3 Å². The molecule has 28 heavy (non-hydrogen) atoms. The van der Waals surface area contributed by atoms with E-state index in [1.54, 1.807) is 24.3 Å². The number of aryl methyl sites for hydroxylation is 1. The van der Waals surface area contributed by atoms with E-state index in [1.807, 2.05) is 35.7 Å². The van der Waals surface area contributed by atoms with Crippen molar-refractivity contribution in [2.75, 3.05) is 11.9 Å². The van der Waals surface area contributed by atoms with E-state index in [-0.39, 0.29) is 11.8 Å². The van der Waals surface area contributed by atoms with E-state index in [1.165, 1.54) is 16.9 Å². The zero-order valence-electron chi connectivity index (χ0n) is 15.2. The molecule has 0 fully saturated rings. The van der Waals surface area contributed by atoms with Gasteiger partial charge in [0, 0.05) is 28.9 Å². The molecule has 0 spiro atoms. The molecule has 0 atom stereocenters. The van der Waals surface area contributed by atoms with E-state index in [0.29, 0.717) is 35.1 Å². The summed E-state index contributed by atoms with van der Waals surface area (Å²) in [4.78, 5) is 28.5. The van der Waals surface area contributed by atoms with Crippen LogP contribution in [0.5, 0.6) is 0 Å². The molecule has 2 amide bonds. The molecule has 7 heteroatoms. The molecule has 0 saturated heterocycles. The molecule has 1 aromatic heterocycles. The summed E-state index contributed by atoms with van der Waals surface area (Å²) >= 11 is 7.17. The van der Waals surface area contributed by atoms with Crippen LogP contribution in [0.1, 0.15) is 28.0 Å². The van der Waals surface area contributed by atoms with Gasteiger partial charge in [0.2, 0.25) is 5.91 Å². The highest BCUT2D eigenvalue weighted by Gasteiger charge is 2.10. The largest absolute Gasteiger partial charge is 0.356 e. The number of carbonyl (C=O) groups is 2. The Bertz CT molecular complexity index is 926. The highest BCUT2D eigenvalue weighted by molar-refractivity contribution is 7.14. The van der Waals surface area contributed by atoms with Gasteiger partial charge in [0.05, 0.1) is 5.69 Å². The minimum absolute atomic E-state index is 0.00400. The lowest BCUT2D eigenvalue weighted by molar-refractivity contribution is -0.121. The fourth-order valence-electron chi connectivity index (χ4n) is 2.57. The van der Waals surface area contributed by atoms with E-state index in [2.05, 4.69) is 15.6 Å². The molecular formula is C21H20ClN3O2S. The van der Waals surface area contributed by atoms with Gasteiger partial charge in [-0.2, -0.15) is 0 Å². The van der Waals surface area contributed by atoms with Crippen molar-refractivity contribution < 1.29 is 9.59 Å². The molecule has 0 aliphatic heterocycles. The number of hydrogen-bond donors (Lipinski definition) is 2. The van der Waals surface area contributed by atoms with E-state index in [4.69, 9.17) is 11.6 Å². The van der Waals surface area contributed by atoms with Crippen LogP contribution in [0.4, 0.5) is 5.13 Å². The highest BCUT2D eigenvalue weighted by Crippen LogP contribution is 2.18. The average Bonchev–Trinajstić information content (AvgIpc) is 3.15. The Balaban J connectivity index is 1.41. The first-order valence-electron chi connectivity index (χ1n) is 8.92. The lowest BCUT2D eigenvalue weighted by atomic mass is 10.1. The fourth-order valence-corrected chi connectivity index (χ4v) is 3.44. The topological polar surface area (TPSA) is 71.1 Å². The monoisotopic (exact) mass is 413 g/mol. The normalized spacial score (nSPS) is 10.5. The molecule has 2 aromatic carbocycles. The Morgan fingerprint density at radius 2 is 1.75 bits per heavy atom. The van der Waals surface area contributed by atoms with Gasteiger partial charge in [-0.1, -0.05) is 41.9 Å². The van der Waals surface area contributed by atoms with Gasteiger partial charge < -0.3 is 5.32 Å². The summed E-state index contributed by atoms with van der Waals surface area (Å²) in [5.41, 5.74) is 2.50. The number of nitrogens with one attached hydrogen (secondary N) is 2. The summed E-state index contributed by atoms with van der Waals surface area (Å²) < 4.78 is 0. The number of amides is 2. The first-order valence-corrected chi connectivity index (χ1v) is 10.2. The summed E-state index contributed by atoms with van der Waals surface area (Å²) in [6.45, 7) is 0.613. The number of halogens is 1. The SMILES string of the molecule is O=C(CCc1csc(NC(=O)c2ccc(Cl)cc2)n1)NCCc1ccccc1. The first-order chi connectivity index (χ1) is 13.6. The summed E-state index contributed by atoms with van der Waals surface area (Å²) in [6, 6.07) is 16.7. The summed E-state index contributed by atoms with van der Waals surface area (Å²) in [7, 11) is 0. The Kier molecular flexibility index (Phi) is 7.17. The Morgan fingerprint density at radius 1 is 1.00 bits per heavy atom. The number of rotatable bonds is 8. The molecule has 0 unspecified atom stereocenters. The van der Waals surface area contributed by atoms with E-state index in [9.17, 15) is 9.59 Å². The molecule has 0 radical (unpaired) electrons. The van der Waals surface area contributed by atoms with Gasteiger partial charge in [-0.05, 0) is 42.7 Å². The van der Waals surface area contributed by atoms with Gasteiger partial charge in [-0.25, -0.2) is 4.98 Å². The molecule has 3 rings (SSSR count). The van der Waals surface area contributed by atoms with Crippen molar-refractivity contribution in [3.05, 3.63) is 81.8 Å². The maximum absolute atomic E-state index is 12.2. The lowest BCUT2D eigenvalue weighted by Crippen LogP contribution is -2.25. The van der Waals surface area contributed by atoms with Crippen LogP contribution in [0.2, 0.25) is 5.02 Å². The molecule has 5 nitrogen and oxygen atoms in total. The van der Waals surface area contributed by atoms with Crippen LogP contribution in [-0.4, -0.2) is 23.3 Å². The van der Waals surface area contributed by atoms with Crippen LogP contribution in [0.25, 0.3) is 0 Å². The van der Waals surface area contributed by atoms with Crippen LogP contribution in [0.3, 0.4) is 0 Å².